The topological polar surface area (TPSA) is 87.7 Å². The highest BCUT2D eigenvalue weighted by Gasteiger charge is 2.42. The van der Waals surface area contributed by atoms with Crippen molar-refractivity contribution in [2.75, 3.05) is 26.9 Å². The first-order valence-corrected chi connectivity index (χ1v) is 11.9. The second kappa shape index (κ2) is 10.5. The molecule has 2 aromatic carbocycles. The Kier molecular flexibility index (Phi) is 7.44. The standard InChI is InChI=1S/C26H30ClN3O4/c1-16(2)10-13-34-19-7-4-6-17(14-19)25-22-23(20-15-18(27)8-9-21(20)31)28-29-24(22)26(32)30(25)11-5-12-33-3/h4,6-9,14-16,25,31H,5,10-13H2,1-3H3,(H,28,29). The van der Waals surface area contributed by atoms with Crippen molar-refractivity contribution in [3.8, 4) is 22.8 Å². The van der Waals surface area contributed by atoms with Gasteiger partial charge in [-0.3, -0.25) is 9.89 Å². The Morgan fingerprint density at radius 1 is 1.21 bits per heavy atom. The van der Waals surface area contributed by atoms with Gasteiger partial charge in [0, 0.05) is 36.4 Å². The first-order valence-electron chi connectivity index (χ1n) is 11.5. The third kappa shape index (κ3) is 4.91. The summed E-state index contributed by atoms with van der Waals surface area (Å²) in [5.74, 6) is 1.22. The van der Waals surface area contributed by atoms with E-state index in [1.54, 1.807) is 19.2 Å². The van der Waals surface area contributed by atoms with Crippen molar-refractivity contribution in [3.05, 3.63) is 64.3 Å². The molecule has 7 nitrogen and oxygen atoms in total. The molecular formula is C26H30ClN3O4. The maximum Gasteiger partial charge on any atom is 0.273 e. The molecule has 4 rings (SSSR count). The Morgan fingerprint density at radius 2 is 2.03 bits per heavy atom. The van der Waals surface area contributed by atoms with Gasteiger partial charge in [0.25, 0.3) is 5.91 Å². The number of H-pyrrole nitrogens is 1. The maximum absolute atomic E-state index is 13.4. The van der Waals surface area contributed by atoms with E-state index in [4.69, 9.17) is 21.1 Å². The van der Waals surface area contributed by atoms with E-state index < -0.39 is 0 Å². The molecule has 0 saturated carbocycles. The summed E-state index contributed by atoms with van der Waals surface area (Å²) in [6.07, 6.45) is 1.65. The number of carbonyl (C=O) groups is 1. The summed E-state index contributed by atoms with van der Waals surface area (Å²) in [5.41, 5.74) is 3.04. The largest absolute Gasteiger partial charge is 0.507 e. The molecule has 0 bridgehead atoms. The molecule has 0 aliphatic carbocycles. The van der Waals surface area contributed by atoms with E-state index in [9.17, 15) is 9.90 Å². The second-order valence-electron chi connectivity index (χ2n) is 8.87. The maximum atomic E-state index is 13.4. The van der Waals surface area contributed by atoms with Crippen LogP contribution in [-0.4, -0.2) is 53.0 Å². The molecule has 1 aliphatic heterocycles. The van der Waals surface area contributed by atoms with Crippen LogP contribution in [-0.2, 0) is 4.74 Å². The van der Waals surface area contributed by atoms with Crippen LogP contribution < -0.4 is 4.74 Å². The molecular weight excluding hydrogens is 454 g/mol. The van der Waals surface area contributed by atoms with Crippen LogP contribution in [0.25, 0.3) is 11.3 Å². The molecule has 180 valence electrons. The molecule has 0 fully saturated rings. The minimum atomic E-state index is -0.389. The highest BCUT2D eigenvalue weighted by atomic mass is 35.5. The van der Waals surface area contributed by atoms with Gasteiger partial charge in [0.05, 0.1) is 12.6 Å². The smallest absolute Gasteiger partial charge is 0.273 e. The lowest BCUT2D eigenvalue weighted by atomic mass is 9.95. The quantitative estimate of drug-likeness (QED) is 0.375. The number of phenolic OH excluding ortho intramolecular Hbond substituents is 1. The summed E-state index contributed by atoms with van der Waals surface area (Å²) in [6, 6.07) is 12.2. The molecule has 1 unspecified atom stereocenters. The Labute approximate surface area is 204 Å². The fourth-order valence-electron chi connectivity index (χ4n) is 4.24. The lowest BCUT2D eigenvalue weighted by molar-refractivity contribution is 0.0723. The average molecular weight is 484 g/mol. The molecule has 1 aliphatic rings. The van der Waals surface area contributed by atoms with Crippen LogP contribution in [0.15, 0.2) is 42.5 Å². The van der Waals surface area contributed by atoms with Gasteiger partial charge in [0.15, 0.2) is 0 Å². The van der Waals surface area contributed by atoms with Crippen LogP contribution in [0.2, 0.25) is 5.02 Å². The van der Waals surface area contributed by atoms with Gasteiger partial charge in [-0.2, -0.15) is 5.10 Å². The number of aromatic amines is 1. The van der Waals surface area contributed by atoms with Crippen LogP contribution >= 0.6 is 11.6 Å². The Morgan fingerprint density at radius 3 is 2.79 bits per heavy atom. The summed E-state index contributed by atoms with van der Waals surface area (Å²) >= 11 is 6.21. The summed E-state index contributed by atoms with van der Waals surface area (Å²) < 4.78 is 11.2. The molecule has 1 aromatic heterocycles. The zero-order valence-corrected chi connectivity index (χ0v) is 20.4. The van der Waals surface area contributed by atoms with Gasteiger partial charge in [-0.15, -0.1) is 0 Å². The molecule has 3 aromatic rings. The highest BCUT2D eigenvalue weighted by molar-refractivity contribution is 6.31. The molecule has 0 radical (unpaired) electrons. The van der Waals surface area contributed by atoms with Crippen molar-refractivity contribution >= 4 is 17.5 Å². The zero-order valence-electron chi connectivity index (χ0n) is 19.7. The molecule has 1 atom stereocenters. The number of fused-ring (bicyclic) bond motifs is 1. The molecule has 0 spiro atoms. The van der Waals surface area contributed by atoms with E-state index in [0.29, 0.717) is 54.1 Å². The molecule has 8 heteroatoms. The van der Waals surface area contributed by atoms with E-state index in [2.05, 4.69) is 24.0 Å². The van der Waals surface area contributed by atoms with E-state index in [0.717, 1.165) is 23.3 Å². The van der Waals surface area contributed by atoms with E-state index in [1.807, 2.05) is 29.2 Å². The molecule has 0 saturated heterocycles. The number of carbonyl (C=O) groups excluding carboxylic acids is 1. The Balaban J connectivity index is 1.76. The molecule has 2 heterocycles. The van der Waals surface area contributed by atoms with Crippen LogP contribution in [0.5, 0.6) is 11.5 Å². The normalized spacial score (nSPS) is 15.3. The number of amides is 1. The number of aromatic nitrogens is 2. The minimum Gasteiger partial charge on any atom is -0.507 e. The van der Waals surface area contributed by atoms with Crippen molar-refractivity contribution < 1.29 is 19.4 Å². The van der Waals surface area contributed by atoms with E-state index in [-0.39, 0.29) is 17.7 Å². The number of aromatic hydroxyl groups is 1. The first-order chi connectivity index (χ1) is 16.4. The summed E-state index contributed by atoms with van der Waals surface area (Å²) in [5, 5.41) is 18.3. The van der Waals surface area contributed by atoms with E-state index in [1.165, 1.54) is 6.07 Å². The highest BCUT2D eigenvalue weighted by Crippen LogP contribution is 2.45. The van der Waals surface area contributed by atoms with Crippen molar-refractivity contribution in [1.29, 1.82) is 0 Å². The summed E-state index contributed by atoms with van der Waals surface area (Å²) in [4.78, 5) is 15.2. The fourth-order valence-corrected chi connectivity index (χ4v) is 4.42. The monoisotopic (exact) mass is 483 g/mol. The van der Waals surface area contributed by atoms with Crippen LogP contribution in [0, 0.1) is 5.92 Å². The fraction of sp³-hybridized carbons (Fsp3) is 0.385. The lowest BCUT2D eigenvalue weighted by Gasteiger charge is -2.26. The number of nitrogens with one attached hydrogen (secondary N) is 1. The zero-order chi connectivity index (χ0) is 24.2. The number of methoxy groups -OCH3 is 1. The van der Waals surface area contributed by atoms with Crippen molar-refractivity contribution in [2.24, 2.45) is 5.92 Å². The third-order valence-corrected chi connectivity index (χ3v) is 6.20. The predicted molar refractivity (Wildman–Crippen MR) is 131 cm³/mol. The molecule has 1 amide bonds. The number of benzene rings is 2. The van der Waals surface area contributed by atoms with Crippen molar-refractivity contribution in [3.63, 3.8) is 0 Å². The van der Waals surface area contributed by atoms with Crippen molar-refractivity contribution in [2.45, 2.75) is 32.7 Å². The summed E-state index contributed by atoms with van der Waals surface area (Å²) in [6.45, 7) is 6.01. The number of hydrogen-bond donors (Lipinski definition) is 2. The van der Waals surface area contributed by atoms with Gasteiger partial charge in [-0.25, -0.2) is 0 Å². The molecule has 34 heavy (non-hydrogen) atoms. The van der Waals surface area contributed by atoms with Gasteiger partial charge in [0.1, 0.15) is 22.9 Å². The molecule has 2 N–H and O–H groups in total. The van der Waals surface area contributed by atoms with Gasteiger partial charge in [0.2, 0.25) is 0 Å². The van der Waals surface area contributed by atoms with Crippen LogP contribution in [0.4, 0.5) is 0 Å². The second-order valence-corrected chi connectivity index (χ2v) is 9.31. The lowest BCUT2D eigenvalue weighted by Crippen LogP contribution is -2.31. The van der Waals surface area contributed by atoms with Crippen molar-refractivity contribution in [1.82, 2.24) is 15.1 Å². The van der Waals surface area contributed by atoms with Gasteiger partial charge < -0.3 is 19.5 Å². The average Bonchev–Trinajstić information content (AvgIpc) is 3.35. The third-order valence-electron chi connectivity index (χ3n) is 5.96. The van der Waals surface area contributed by atoms with Gasteiger partial charge >= 0.3 is 0 Å². The number of nitrogens with zero attached hydrogens (tertiary/aromatic N) is 2. The number of ether oxygens (including phenoxy) is 2. The van der Waals surface area contributed by atoms with Crippen LogP contribution in [0.3, 0.4) is 0 Å². The van der Waals surface area contributed by atoms with Gasteiger partial charge in [-0.1, -0.05) is 37.6 Å². The first kappa shape index (κ1) is 24.1. The predicted octanol–water partition coefficient (Wildman–Crippen LogP) is 5.44. The van der Waals surface area contributed by atoms with E-state index >= 15 is 0 Å². The Hall–Kier alpha value is -3.03. The SMILES string of the molecule is COCCCN1C(=O)c2[nH]nc(-c3cc(Cl)ccc3O)c2C1c1cccc(OCCC(C)C)c1. The Bertz CT molecular complexity index is 1160. The number of hydrogen-bond acceptors (Lipinski definition) is 5. The van der Waals surface area contributed by atoms with Crippen LogP contribution in [0.1, 0.15) is 54.3 Å². The number of rotatable bonds is 10. The summed E-state index contributed by atoms with van der Waals surface area (Å²) in [7, 11) is 1.65. The van der Waals surface area contributed by atoms with Gasteiger partial charge in [-0.05, 0) is 54.7 Å². The number of phenols is 1. The minimum absolute atomic E-state index is 0.0495. The number of halogens is 1.